The first-order valence-electron chi connectivity index (χ1n) is 13.2. The van der Waals surface area contributed by atoms with Gasteiger partial charge in [-0.2, -0.15) is 0 Å². The number of hydrogen-bond acceptors (Lipinski definition) is 5. The van der Waals surface area contributed by atoms with Crippen molar-refractivity contribution in [3.8, 4) is 11.1 Å². The fraction of sp³-hybridized carbons (Fsp3) is 0.290. The second-order valence-corrected chi connectivity index (χ2v) is 10.0. The van der Waals surface area contributed by atoms with Crippen LogP contribution in [0.25, 0.3) is 11.1 Å². The second-order valence-electron chi connectivity index (χ2n) is 10.0. The van der Waals surface area contributed by atoms with Crippen LogP contribution in [-0.2, 0) is 25.7 Å². The summed E-state index contributed by atoms with van der Waals surface area (Å²) >= 11 is 0. The van der Waals surface area contributed by atoms with Crippen molar-refractivity contribution in [1.82, 2.24) is 15.5 Å². The Morgan fingerprint density at radius 1 is 0.875 bits per heavy atom. The molecule has 1 aliphatic rings. The van der Waals surface area contributed by atoms with Gasteiger partial charge in [0, 0.05) is 12.5 Å². The monoisotopic (exact) mass is 543 g/mol. The largest absolute Gasteiger partial charge is 0.480 e. The summed E-state index contributed by atoms with van der Waals surface area (Å²) in [6, 6.07) is 24.0. The van der Waals surface area contributed by atoms with Crippen LogP contribution in [-0.4, -0.2) is 59.6 Å². The summed E-state index contributed by atoms with van der Waals surface area (Å²) < 4.78 is 5.57. The van der Waals surface area contributed by atoms with E-state index in [1.165, 1.54) is 0 Å². The smallest absolute Gasteiger partial charge is 0.407 e. The number of hydrogen-bond donors (Lipinski definition) is 3. The Morgan fingerprint density at radius 3 is 2.02 bits per heavy atom. The number of alkyl carbamates (subject to hydrolysis) is 1. The van der Waals surface area contributed by atoms with Gasteiger partial charge < -0.3 is 25.4 Å². The van der Waals surface area contributed by atoms with Crippen LogP contribution < -0.4 is 10.6 Å². The number of aliphatic carboxylic acids is 1. The van der Waals surface area contributed by atoms with E-state index in [-0.39, 0.29) is 25.0 Å². The van der Waals surface area contributed by atoms with Crippen LogP contribution in [0.3, 0.4) is 0 Å². The van der Waals surface area contributed by atoms with Gasteiger partial charge in [0.2, 0.25) is 11.8 Å². The highest BCUT2D eigenvalue weighted by atomic mass is 16.5. The van der Waals surface area contributed by atoms with Crippen LogP contribution in [0.2, 0.25) is 0 Å². The molecule has 0 saturated heterocycles. The Hall–Kier alpha value is -4.66. The molecule has 3 aromatic carbocycles. The molecule has 40 heavy (non-hydrogen) atoms. The van der Waals surface area contributed by atoms with E-state index in [1.807, 2.05) is 54.6 Å². The number of rotatable bonds is 11. The van der Waals surface area contributed by atoms with Crippen LogP contribution in [0.4, 0.5) is 4.79 Å². The average molecular weight is 544 g/mol. The van der Waals surface area contributed by atoms with Gasteiger partial charge >= 0.3 is 12.1 Å². The van der Waals surface area contributed by atoms with E-state index in [1.54, 1.807) is 38.1 Å². The summed E-state index contributed by atoms with van der Waals surface area (Å²) in [5.41, 5.74) is 5.14. The van der Waals surface area contributed by atoms with Crippen LogP contribution in [0.1, 0.15) is 36.5 Å². The van der Waals surface area contributed by atoms with Crippen molar-refractivity contribution in [3.05, 3.63) is 95.6 Å². The molecule has 0 aliphatic heterocycles. The van der Waals surface area contributed by atoms with Gasteiger partial charge in [0.1, 0.15) is 19.2 Å². The topological polar surface area (TPSA) is 125 Å². The molecule has 208 valence electrons. The summed E-state index contributed by atoms with van der Waals surface area (Å²) in [4.78, 5) is 51.0. The molecule has 1 atom stereocenters. The van der Waals surface area contributed by atoms with Crippen LogP contribution in [0.15, 0.2) is 78.9 Å². The number of carboxylic acids is 1. The van der Waals surface area contributed by atoms with Crippen molar-refractivity contribution in [1.29, 1.82) is 0 Å². The molecule has 9 heteroatoms. The van der Waals surface area contributed by atoms with Crippen LogP contribution in [0.5, 0.6) is 0 Å². The number of nitrogens with one attached hydrogen (secondary N) is 2. The zero-order chi connectivity index (χ0) is 28.6. The van der Waals surface area contributed by atoms with Gasteiger partial charge in [-0.3, -0.25) is 14.4 Å². The van der Waals surface area contributed by atoms with Crippen molar-refractivity contribution in [3.63, 3.8) is 0 Å². The molecule has 3 aromatic rings. The maximum Gasteiger partial charge on any atom is 0.407 e. The number of ether oxygens (including phenoxy) is 1. The quantitative estimate of drug-likeness (QED) is 0.338. The first-order chi connectivity index (χ1) is 19.2. The Morgan fingerprint density at radius 2 is 1.45 bits per heavy atom. The third-order valence-electron chi connectivity index (χ3n) is 6.88. The highest BCUT2D eigenvalue weighted by Gasteiger charge is 2.30. The van der Waals surface area contributed by atoms with Gasteiger partial charge in [0.25, 0.3) is 0 Å². The Bertz CT molecular complexity index is 1330. The lowest BCUT2D eigenvalue weighted by molar-refractivity contribution is -0.144. The molecule has 0 unspecified atom stereocenters. The molecule has 0 bridgehead atoms. The van der Waals surface area contributed by atoms with Gasteiger partial charge in [-0.1, -0.05) is 92.7 Å². The lowest BCUT2D eigenvalue weighted by Crippen LogP contribution is -2.52. The summed E-state index contributed by atoms with van der Waals surface area (Å²) in [7, 11) is 0. The zero-order valence-electron chi connectivity index (χ0n) is 22.5. The minimum atomic E-state index is -1.16. The lowest BCUT2D eigenvalue weighted by Gasteiger charge is -2.24. The molecule has 0 heterocycles. The fourth-order valence-electron chi connectivity index (χ4n) is 4.89. The molecule has 0 aromatic heterocycles. The summed E-state index contributed by atoms with van der Waals surface area (Å²) in [5, 5.41) is 14.4. The highest BCUT2D eigenvalue weighted by molar-refractivity contribution is 5.90. The third kappa shape index (κ3) is 6.85. The minimum Gasteiger partial charge on any atom is -0.480 e. The molecule has 3 N–H and O–H groups in total. The van der Waals surface area contributed by atoms with Gasteiger partial charge in [-0.15, -0.1) is 0 Å². The minimum absolute atomic E-state index is 0.0907. The number of benzene rings is 3. The van der Waals surface area contributed by atoms with Gasteiger partial charge in [-0.25, -0.2) is 4.79 Å². The predicted octanol–water partition coefficient (Wildman–Crippen LogP) is 3.78. The van der Waals surface area contributed by atoms with E-state index in [2.05, 4.69) is 10.6 Å². The van der Waals surface area contributed by atoms with Gasteiger partial charge in [-0.05, 0) is 33.7 Å². The molecule has 0 radical (unpaired) electrons. The number of amides is 3. The van der Waals surface area contributed by atoms with Gasteiger partial charge in [0.05, 0.1) is 6.54 Å². The predicted molar refractivity (Wildman–Crippen MR) is 149 cm³/mol. The number of nitrogens with zero attached hydrogens (tertiary/aromatic N) is 1. The molecular formula is C31H33N3O6. The fourth-order valence-corrected chi connectivity index (χ4v) is 4.89. The Balaban J connectivity index is 1.34. The van der Waals surface area contributed by atoms with E-state index < -0.39 is 43.0 Å². The molecule has 1 aliphatic carbocycles. The van der Waals surface area contributed by atoms with Crippen LogP contribution >= 0.6 is 0 Å². The normalized spacial score (nSPS) is 12.7. The number of carboxylic acid groups (broad SMARTS) is 1. The van der Waals surface area contributed by atoms with Crippen molar-refractivity contribution < 1.29 is 29.0 Å². The zero-order valence-corrected chi connectivity index (χ0v) is 22.5. The maximum atomic E-state index is 12.9. The SMILES string of the molecule is CC(C)[C@H](NC(=O)OCC1c2ccccc2-c2ccccc21)C(=O)NCC(=O)N(CC(=O)O)Cc1ccccc1. The first-order valence-corrected chi connectivity index (χ1v) is 13.2. The first kappa shape index (κ1) is 28.4. The second kappa shape index (κ2) is 12.9. The van der Waals surface area contributed by atoms with E-state index in [4.69, 9.17) is 4.74 Å². The van der Waals surface area contributed by atoms with Crippen molar-refractivity contribution >= 4 is 23.9 Å². The van der Waals surface area contributed by atoms with E-state index in [0.29, 0.717) is 0 Å². The van der Waals surface area contributed by atoms with Crippen LogP contribution in [0, 0.1) is 5.92 Å². The van der Waals surface area contributed by atoms with Crippen molar-refractivity contribution in [2.75, 3.05) is 19.7 Å². The van der Waals surface area contributed by atoms with E-state index in [9.17, 15) is 24.3 Å². The lowest BCUT2D eigenvalue weighted by atomic mass is 9.98. The van der Waals surface area contributed by atoms with Gasteiger partial charge in [0.15, 0.2) is 0 Å². The average Bonchev–Trinajstić information content (AvgIpc) is 3.26. The molecule has 0 fully saturated rings. The maximum absolute atomic E-state index is 12.9. The third-order valence-corrected chi connectivity index (χ3v) is 6.88. The molecule has 3 amide bonds. The Labute approximate surface area is 233 Å². The number of carbonyl (C=O) groups excluding carboxylic acids is 3. The molecule has 4 rings (SSSR count). The molecule has 9 nitrogen and oxygen atoms in total. The molecule has 0 saturated carbocycles. The summed E-state index contributed by atoms with van der Waals surface area (Å²) in [6.45, 7) is 2.81. The molecule has 0 spiro atoms. The Kier molecular flexibility index (Phi) is 9.16. The standard InChI is InChI=1S/C31H33N3O6/c1-20(2)29(30(38)32-16-27(35)34(18-28(36)37)17-21-10-4-3-5-11-21)33-31(39)40-19-26-24-14-8-6-12-22(24)23-13-7-9-15-25(23)26/h3-15,20,26,29H,16-19H2,1-2H3,(H,32,38)(H,33,39)(H,36,37)/t29-/m0/s1. The number of carbonyl (C=O) groups is 4. The van der Waals surface area contributed by atoms with E-state index in [0.717, 1.165) is 32.7 Å². The highest BCUT2D eigenvalue weighted by Crippen LogP contribution is 2.44. The van der Waals surface area contributed by atoms with Crippen molar-refractivity contribution in [2.45, 2.75) is 32.4 Å². The van der Waals surface area contributed by atoms with E-state index >= 15 is 0 Å². The summed E-state index contributed by atoms with van der Waals surface area (Å²) in [5.74, 6) is -2.69. The number of fused-ring (bicyclic) bond motifs is 3. The summed E-state index contributed by atoms with van der Waals surface area (Å²) in [6.07, 6.45) is -0.737. The molecular weight excluding hydrogens is 510 g/mol. The van der Waals surface area contributed by atoms with Crippen molar-refractivity contribution in [2.24, 2.45) is 5.92 Å².